The topological polar surface area (TPSA) is 51.2 Å². The van der Waals surface area contributed by atoms with E-state index in [1.165, 1.54) is 0 Å². The molecule has 104 valence electrons. The van der Waals surface area contributed by atoms with E-state index in [1.807, 2.05) is 30.3 Å². The molecule has 0 saturated carbocycles. The molecule has 0 spiro atoms. The first-order valence-corrected chi connectivity index (χ1v) is 7.46. The van der Waals surface area contributed by atoms with Crippen LogP contribution in [0, 0.1) is 0 Å². The number of rotatable bonds is 5. The van der Waals surface area contributed by atoms with Crippen molar-refractivity contribution in [3.05, 3.63) is 57.2 Å². The Kier molecular flexibility index (Phi) is 5.70. The van der Waals surface area contributed by atoms with Crippen LogP contribution in [0.5, 0.6) is 0 Å². The van der Waals surface area contributed by atoms with Crippen molar-refractivity contribution >= 4 is 43.5 Å². The van der Waals surface area contributed by atoms with Gasteiger partial charge in [-0.25, -0.2) is 4.98 Å². The molecule has 20 heavy (non-hydrogen) atoms. The molecular formula is C14H12Br2N2O2. The Morgan fingerprint density at radius 3 is 2.75 bits per heavy atom. The zero-order valence-corrected chi connectivity index (χ0v) is 13.6. The predicted octanol–water partition coefficient (Wildman–Crippen LogP) is 3.76. The molecule has 2 rings (SSSR count). The fraction of sp³-hybridized carbons (Fsp3) is 0.143. The third-order valence-electron chi connectivity index (χ3n) is 2.42. The van der Waals surface area contributed by atoms with Gasteiger partial charge in [0.2, 0.25) is 5.91 Å². The number of ether oxygens (including phenoxy) is 1. The van der Waals surface area contributed by atoms with Gasteiger partial charge in [0.25, 0.3) is 0 Å². The Hall–Kier alpha value is -1.24. The number of carbonyl (C=O) groups is 1. The smallest absolute Gasteiger partial charge is 0.250 e. The van der Waals surface area contributed by atoms with Gasteiger partial charge in [-0.3, -0.25) is 4.79 Å². The second-order valence-electron chi connectivity index (χ2n) is 4.02. The zero-order valence-electron chi connectivity index (χ0n) is 10.5. The first kappa shape index (κ1) is 15.2. The molecule has 0 aliphatic rings. The van der Waals surface area contributed by atoms with Crippen LogP contribution in [0.2, 0.25) is 0 Å². The van der Waals surface area contributed by atoms with Crippen molar-refractivity contribution in [3.63, 3.8) is 0 Å². The molecule has 1 heterocycles. The molecule has 0 unspecified atom stereocenters. The Labute approximate surface area is 133 Å². The van der Waals surface area contributed by atoms with Gasteiger partial charge in [0, 0.05) is 10.7 Å². The number of nitrogens with zero attached hydrogens (tertiary/aromatic N) is 1. The van der Waals surface area contributed by atoms with E-state index in [1.54, 1.807) is 12.3 Å². The molecule has 2 aromatic rings. The van der Waals surface area contributed by atoms with Crippen LogP contribution in [-0.2, 0) is 16.1 Å². The predicted molar refractivity (Wildman–Crippen MR) is 84.4 cm³/mol. The second-order valence-corrected chi connectivity index (χ2v) is 5.69. The van der Waals surface area contributed by atoms with E-state index in [4.69, 9.17) is 4.74 Å². The minimum atomic E-state index is -0.221. The molecule has 1 amide bonds. The molecule has 0 radical (unpaired) electrons. The average molecular weight is 400 g/mol. The summed E-state index contributed by atoms with van der Waals surface area (Å²) in [7, 11) is 0. The largest absolute Gasteiger partial charge is 0.367 e. The van der Waals surface area contributed by atoms with Gasteiger partial charge in [-0.05, 0) is 43.5 Å². The van der Waals surface area contributed by atoms with E-state index in [0.717, 1.165) is 10.0 Å². The van der Waals surface area contributed by atoms with Crippen molar-refractivity contribution in [1.82, 2.24) is 4.98 Å². The first-order chi connectivity index (χ1) is 9.65. The molecule has 1 aromatic heterocycles. The fourth-order valence-electron chi connectivity index (χ4n) is 1.53. The Bertz CT molecular complexity index is 591. The van der Waals surface area contributed by atoms with E-state index in [-0.39, 0.29) is 12.5 Å². The van der Waals surface area contributed by atoms with Crippen molar-refractivity contribution in [1.29, 1.82) is 0 Å². The van der Waals surface area contributed by atoms with Crippen LogP contribution < -0.4 is 5.32 Å². The van der Waals surface area contributed by atoms with Gasteiger partial charge in [0.05, 0.1) is 12.3 Å². The molecule has 0 saturated heterocycles. The van der Waals surface area contributed by atoms with Gasteiger partial charge in [-0.15, -0.1) is 0 Å². The summed E-state index contributed by atoms with van der Waals surface area (Å²) in [4.78, 5) is 15.8. The molecule has 4 nitrogen and oxygen atoms in total. The quantitative estimate of drug-likeness (QED) is 0.778. The second kappa shape index (κ2) is 7.52. The molecule has 0 aliphatic carbocycles. The molecular weight excluding hydrogens is 388 g/mol. The highest BCUT2D eigenvalue weighted by Crippen LogP contribution is 2.23. The summed E-state index contributed by atoms with van der Waals surface area (Å²) >= 11 is 6.58. The number of anilines is 1. The highest BCUT2D eigenvalue weighted by Gasteiger charge is 2.07. The van der Waals surface area contributed by atoms with Gasteiger partial charge >= 0.3 is 0 Å². The summed E-state index contributed by atoms with van der Waals surface area (Å²) in [6.45, 7) is 0.403. The van der Waals surface area contributed by atoms with E-state index in [0.29, 0.717) is 16.9 Å². The maximum absolute atomic E-state index is 11.8. The van der Waals surface area contributed by atoms with Crippen LogP contribution >= 0.6 is 31.9 Å². The minimum absolute atomic E-state index is 0.00610. The van der Waals surface area contributed by atoms with Crippen LogP contribution in [0.15, 0.2) is 51.7 Å². The van der Waals surface area contributed by atoms with Crippen LogP contribution in [0.4, 0.5) is 5.69 Å². The first-order valence-electron chi connectivity index (χ1n) is 5.88. The highest BCUT2D eigenvalue weighted by molar-refractivity contribution is 9.11. The van der Waals surface area contributed by atoms with Gasteiger partial charge < -0.3 is 10.1 Å². The summed E-state index contributed by atoms with van der Waals surface area (Å²) < 4.78 is 6.74. The molecule has 0 bridgehead atoms. The number of pyridine rings is 1. The van der Waals surface area contributed by atoms with E-state index in [2.05, 4.69) is 42.2 Å². The van der Waals surface area contributed by atoms with Crippen molar-refractivity contribution in [2.24, 2.45) is 0 Å². The van der Waals surface area contributed by atoms with Gasteiger partial charge in [0.15, 0.2) is 0 Å². The van der Waals surface area contributed by atoms with Crippen LogP contribution in [0.25, 0.3) is 0 Å². The lowest BCUT2D eigenvalue weighted by Gasteiger charge is -2.08. The summed E-state index contributed by atoms with van der Waals surface area (Å²) in [5.74, 6) is -0.221. The number of halogens is 2. The van der Waals surface area contributed by atoms with Crippen molar-refractivity contribution in [3.8, 4) is 0 Å². The van der Waals surface area contributed by atoms with Crippen molar-refractivity contribution < 1.29 is 9.53 Å². The Balaban J connectivity index is 1.82. The zero-order chi connectivity index (χ0) is 14.4. The minimum Gasteiger partial charge on any atom is -0.367 e. The standard InChI is InChI=1S/C14H12Br2N2O2/c15-11-6-12(14(16)17-7-11)18-13(19)9-20-8-10-4-2-1-3-5-10/h1-7H,8-9H2,(H,18,19). The maximum Gasteiger partial charge on any atom is 0.250 e. The maximum atomic E-state index is 11.8. The number of aromatic nitrogens is 1. The molecule has 0 atom stereocenters. The normalized spacial score (nSPS) is 10.3. The van der Waals surface area contributed by atoms with Gasteiger partial charge in [-0.1, -0.05) is 30.3 Å². The van der Waals surface area contributed by atoms with Crippen molar-refractivity contribution in [2.75, 3.05) is 11.9 Å². The van der Waals surface area contributed by atoms with Crippen LogP contribution in [0.1, 0.15) is 5.56 Å². The van der Waals surface area contributed by atoms with E-state index in [9.17, 15) is 4.79 Å². The molecule has 6 heteroatoms. The summed E-state index contributed by atoms with van der Waals surface area (Å²) in [6.07, 6.45) is 1.64. The van der Waals surface area contributed by atoms with E-state index < -0.39 is 0 Å². The molecule has 1 aromatic carbocycles. The fourth-order valence-corrected chi connectivity index (χ4v) is 2.18. The van der Waals surface area contributed by atoms with Crippen LogP contribution in [0.3, 0.4) is 0 Å². The lowest BCUT2D eigenvalue weighted by atomic mass is 10.2. The molecule has 0 fully saturated rings. The number of amides is 1. The number of hydrogen-bond donors (Lipinski definition) is 1. The third-order valence-corrected chi connectivity index (χ3v) is 3.49. The van der Waals surface area contributed by atoms with Crippen LogP contribution in [-0.4, -0.2) is 17.5 Å². The Morgan fingerprint density at radius 2 is 2.00 bits per heavy atom. The highest BCUT2D eigenvalue weighted by atomic mass is 79.9. The summed E-state index contributed by atoms with van der Waals surface area (Å²) in [5, 5.41) is 2.73. The summed E-state index contributed by atoms with van der Waals surface area (Å²) in [5.41, 5.74) is 1.64. The number of carbonyl (C=O) groups excluding carboxylic acids is 1. The average Bonchev–Trinajstić information content (AvgIpc) is 2.44. The van der Waals surface area contributed by atoms with Crippen molar-refractivity contribution in [2.45, 2.75) is 6.61 Å². The van der Waals surface area contributed by atoms with Gasteiger partial charge in [0.1, 0.15) is 11.2 Å². The SMILES string of the molecule is O=C(COCc1ccccc1)Nc1cc(Br)cnc1Br. The van der Waals surface area contributed by atoms with Gasteiger partial charge in [-0.2, -0.15) is 0 Å². The summed E-state index contributed by atoms with van der Waals surface area (Å²) in [6, 6.07) is 11.5. The molecule has 1 N–H and O–H groups in total. The molecule has 0 aliphatic heterocycles. The monoisotopic (exact) mass is 398 g/mol. The van der Waals surface area contributed by atoms with E-state index >= 15 is 0 Å². The lowest BCUT2D eigenvalue weighted by Crippen LogP contribution is -2.18. The number of hydrogen-bond acceptors (Lipinski definition) is 3. The number of benzene rings is 1. The lowest BCUT2D eigenvalue weighted by molar-refractivity contribution is -0.121. The third kappa shape index (κ3) is 4.70. The Morgan fingerprint density at radius 1 is 1.25 bits per heavy atom. The number of nitrogens with one attached hydrogen (secondary N) is 1.